The van der Waals surface area contributed by atoms with Gasteiger partial charge in [-0.2, -0.15) is 0 Å². The number of β-amino-alcohol motifs (C(OH)–C–C–N with tert-alkyl or cyclic N) is 1. The van der Waals surface area contributed by atoms with Gasteiger partial charge in [-0.1, -0.05) is 12.2 Å². The Morgan fingerprint density at radius 3 is 2.83 bits per heavy atom. The van der Waals surface area contributed by atoms with Crippen molar-refractivity contribution in [2.24, 2.45) is 0 Å². The van der Waals surface area contributed by atoms with E-state index < -0.39 is 0 Å². The first-order valence-electron chi connectivity index (χ1n) is 4.20. The van der Waals surface area contributed by atoms with Gasteiger partial charge in [0.15, 0.2) is 0 Å². The molecule has 68 valence electrons. The summed E-state index contributed by atoms with van der Waals surface area (Å²) < 4.78 is 0. The smallest absolute Gasteiger partial charge is 0.0606 e. The molecule has 2 N–H and O–H groups in total. The van der Waals surface area contributed by atoms with Crippen LogP contribution in [0.15, 0.2) is 23.9 Å². The summed E-state index contributed by atoms with van der Waals surface area (Å²) in [6.45, 7) is 1.88. The molecule has 3 nitrogen and oxygen atoms in total. The van der Waals surface area contributed by atoms with Crippen molar-refractivity contribution >= 4 is 0 Å². The van der Waals surface area contributed by atoms with E-state index in [9.17, 15) is 0 Å². The van der Waals surface area contributed by atoms with Crippen LogP contribution >= 0.6 is 0 Å². The maximum atomic E-state index is 8.69. The monoisotopic (exact) mass is 169 g/mol. The zero-order chi connectivity index (χ0) is 8.81. The molecule has 1 heterocycles. The number of allylic oxidation sites excluding steroid dienone is 1. The van der Waals surface area contributed by atoms with E-state index in [2.05, 4.69) is 0 Å². The molecule has 12 heavy (non-hydrogen) atoms. The van der Waals surface area contributed by atoms with Crippen LogP contribution in [0.2, 0.25) is 0 Å². The SMILES string of the molecule is OCCC1=CN(CCO)CC=C1. The average molecular weight is 169 g/mol. The Hall–Kier alpha value is -0.800. The van der Waals surface area contributed by atoms with E-state index >= 15 is 0 Å². The molecule has 0 unspecified atom stereocenters. The summed E-state index contributed by atoms with van der Waals surface area (Å²) in [4.78, 5) is 2.03. The normalized spacial score (nSPS) is 16.5. The second kappa shape index (κ2) is 4.95. The first kappa shape index (κ1) is 9.29. The second-order valence-electron chi connectivity index (χ2n) is 2.80. The van der Waals surface area contributed by atoms with Crippen LogP contribution in [-0.4, -0.2) is 41.4 Å². The van der Waals surface area contributed by atoms with Crippen molar-refractivity contribution in [3.05, 3.63) is 23.9 Å². The molecule has 1 aliphatic heterocycles. The van der Waals surface area contributed by atoms with Crippen LogP contribution in [0.3, 0.4) is 0 Å². The Morgan fingerprint density at radius 2 is 2.17 bits per heavy atom. The lowest BCUT2D eigenvalue weighted by Gasteiger charge is -2.21. The highest BCUT2D eigenvalue weighted by Gasteiger charge is 2.03. The lowest BCUT2D eigenvalue weighted by atomic mass is 10.1. The van der Waals surface area contributed by atoms with Crippen molar-refractivity contribution in [3.8, 4) is 0 Å². The first-order chi connectivity index (χ1) is 5.86. The molecule has 1 rings (SSSR count). The minimum absolute atomic E-state index is 0.177. The highest BCUT2D eigenvalue weighted by atomic mass is 16.3. The molecule has 1 aliphatic rings. The predicted molar refractivity (Wildman–Crippen MR) is 47.6 cm³/mol. The highest BCUT2D eigenvalue weighted by Crippen LogP contribution is 2.09. The van der Waals surface area contributed by atoms with E-state index in [1.165, 1.54) is 0 Å². The van der Waals surface area contributed by atoms with Gasteiger partial charge in [0.25, 0.3) is 0 Å². The van der Waals surface area contributed by atoms with E-state index in [-0.39, 0.29) is 13.2 Å². The van der Waals surface area contributed by atoms with Gasteiger partial charge in [0.05, 0.1) is 6.61 Å². The summed E-state index contributed by atoms with van der Waals surface area (Å²) in [5, 5.41) is 17.4. The lowest BCUT2D eigenvalue weighted by Crippen LogP contribution is -2.23. The Bertz CT molecular complexity index is 187. The Kier molecular flexibility index (Phi) is 3.84. The van der Waals surface area contributed by atoms with Gasteiger partial charge in [-0.15, -0.1) is 0 Å². The minimum Gasteiger partial charge on any atom is -0.396 e. The summed E-state index contributed by atoms with van der Waals surface area (Å²) in [7, 11) is 0. The summed E-state index contributed by atoms with van der Waals surface area (Å²) in [6.07, 6.45) is 6.75. The average Bonchev–Trinajstić information content (AvgIpc) is 2.06. The fraction of sp³-hybridized carbons (Fsp3) is 0.556. The number of rotatable bonds is 4. The van der Waals surface area contributed by atoms with E-state index in [1.54, 1.807) is 0 Å². The molecule has 0 spiro atoms. The van der Waals surface area contributed by atoms with Crippen molar-refractivity contribution in [1.29, 1.82) is 0 Å². The fourth-order valence-electron chi connectivity index (χ4n) is 1.23. The molecule has 0 aromatic carbocycles. The van der Waals surface area contributed by atoms with Crippen molar-refractivity contribution in [2.45, 2.75) is 6.42 Å². The van der Waals surface area contributed by atoms with Crippen LogP contribution in [0.1, 0.15) is 6.42 Å². The molecule has 0 amide bonds. The number of hydrogen-bond acceptors (Lipinski definition) is 3. The van der Waals surface area contributed by atoms with Crippen LogP contribution < -0.4 is 0 Å². The third-order valence-corrected chi connectivity index (χ3v) is 1.81. The topological polar surface area (TPSA) is 43.7 Å². The molecule has 0 aliphatic carbocycles. The number of aliphatic hydroxyl groups excluding tert-OH is 2. The van der Waals surface area contributed by atoms with E-state index in [0.717, 1.165) is 12.1 Å². The van der Waals surface area contributed by atoms with Gasteiger partial charge in [-0.3, -0.25) is 0 Å². The van der Waals surface area contributed by atoms with Gasteiger partial charge in [0.1, 0.15) is 0 Å². The minimum atomic E-state index is 0.177. The van der Waals surface area contributed by atoms with Crippen LogP contribution in [0.25, 0.3) is 0 Å². The molecule has 3 heteroatoms. The van der Waals surface area contributed by atoms with Crippen molar-refractivity contribution in [3.63, 3.8) is 0 Å². The summed E-state index contributed by atoms with van der Waals surface area (Å²) in [6, 6.07) is 0. The fourth-order valence-corrected chi connectivity index (χ4v) is 1.23. The van der Waals surface area contributed by atoms with Crippen LogP contribution in [-0.2, 0) is 0 Å². The van der Waals surface area contributed by atoms with Crippen LogP contribution in [0, 0.1) is 0 Å². The standard InChI is InChI=1S/C9H15NO2/c11-6-3-9-2-1-4-10(8-9)5-7-12/h1-2,8,11-12H,3-7H2. The zero-order valence-electron chi connectivity index (χ0n) is 7.11. The van der Waals surface area contributed by atoms with Crippen LogP contribution in [0.5, 0.6) is 0 Å². The summed E-state index contributed by atoms with van der Waals surface area (Å²) in [5.41, 5.74) is 1.12. The molecule has 0 aromatic rings. The summed E-state index contributed by atoms with van der Waals surface area (Å²) in [5.74, 6) is 0. The Labute approximate surface area is 72.6 Å². The van der Waals surface area contributed by atoms with E-state index in [4.69, 9.17) is 10.2 Å². The Morgan fingerprint density at radius 1 is 1.33 bits per heavy atom. The Balaban J connectivity index is 2.44. The third kappa shape index (κ3) is 2.68. The number of aliphatic hydroxyl groups is 2. The predicted octanol–water partition coefficient (Wildman–Crippen LogP) is 0.117. The van der Waals surface area contributed by atoms with Gasteiger partial charge in [-0.05, 0) is 12.0 Å². The molecule has 0 saturated carbocycles. The largest absolute Gasteiger partial charge is 0.396 e. The quantitative estimate of drug-likeness (QED) is 0.628. The number of hydrogen-bond donors (Lipinski definition) is 2. The molecule has 0 atom stereocenters. The maximum absolute atomic E-state index is 8.69. The lowest BCUT2D eigenvalue weighted by molar-refractivity contribution is 0.243. The molecular weight excluding hydrogens is 154 g/mol. The van der Waals surface area contributed by atoms with Gasteiger partial charge in [0, 0.05) is 25.9 Å². The van der Waals surface area contributed by atoms with E-state index in [1.807, 2.05) is 23.3 Å². The van der Waals surface area contributed by atoms with Gasteiger partial charge in [-0.25, -0.2) is 0 Å². The van der Waals surface area contributed by atoms with Crippen molar-refractivity contribution in [2.75, 3.05) is 26.3 Å². The van der Waals surface area contributed by atoms with Crippen molar-refractivity contribution < 1.29 is 10.2 Å². The number of nitrogens with zero attached hydrogens (tertiary/aromatic N) is 1. The molecule has 0 fully saturated rings. The maximum Gasteiger partial charge on any atom is 0.0606 e. The molecule has 0 saturated heterocycles. The molecule has 0 aromatic heterocycles. The molecule has 0 bridgehead atoms. The van der Waals surface area contributed by atoms with Gasteiger partial charge >= 0.3 is 0 Å². The summed E-state index contributed by atoms with van der Waals surface area (Å²) >= 11 is 0. The van der Waals surface area contributed by atoms with Crippen LogP contribution in [0.4, 0.5) is 0 Å². The van der Waals surface area contributed by atoms with E-state index in [0.29, 0.717) is 13.0 Å². The van der Waals surface area contributed by atoms with Crippen molar-refractivity contribution in [1.82, 2.24) is 4.90 Å². The highest BCUT2D eigenvalue weighted by molar-refractivity contribution is 5.22. The molecular formula is C9H15NO2. The molecule has 0 radical (unpaired) electrons. The van der Waals surface area contributed by atoms with Gasteiger partial charge in [0.2, 0.25) is 0 Å². The first-order valence-corrected chi connectivity index (χ1v) is 4.20. The second-order valence-corrected chi connectivity index (χ2v) is 2.80. The third-order valence-electron chi connectivity index (χ3n) is 1.81. The zero-order valence-corrected chi connectivity index (χ0v) is 7.11. The van der Waals surface area contributed by atoms with Gasteiger partial charge < -0.3 is 15.1 Å².